The number of ether oxygens (including phenoxy) is 2. The van der Waals surface area contributed by atoms with Gasteiger partial charge in [-0.25, -0.2) is 0 Å². The van der Waals surface area contributed by atoms with Gasteiger partial charge in [-0.2, -0.15) is 0 Å². The molecule has 1 aliphatic heterocycles. The van der Waals surface area contributed by atoms with Crippen molar-refractivity contribution in [3.63, 3.8) is 0 Å². The fraction of sp³-hybridized carbons (Fsp3) is 0.278. The zero-order valence-electron chi connectivity index (χ0n) is 12.0. The van der Waals surface area contributed by atoms with Crippen LogP contribution in [0.1, 0.15) is 28.8 Å². The van der Waals surface area contributed by atoms with Crippen molar-refractivity contribution in [1.82, 2.24) is 0 Å². The highest BCUT2D eigenvalue weighted by molar-refractivity contribution is 6.00. The number of benzene rings is 2. The van der Waals surface area contributed by atoms with E-state index in [9.17, 15) is 4.79 Å². The smallest absolute Gasteiger partial charge is 0.170 e. The molecule has 2 aromatic rings. The summed E-state index contributed by atoms with van der Waals surface area (Å²) >= 11 is 0. The normalized spacial score (nSPS) is 17.0. The topological polar surface area (TPSA) is 35.5 Å². The summed E-state index contributed by atoms with van der Waals surface area (Å²) in [5.41, 5.74) is 1.90. The summed E-state index contributed by atoms with van der Waals surface area (Å²) in [7, 11) is 1.60. The van der Waals surface area contributed by atoms with Gasteiger partial charge in [0.15, 0.2) is 5.78 Å². The van der Waals surface area contributed by atoms with Crippen molar-refractivity contribution in [1.29, 1.82) is 0 Å². The second-order valence-electron chi connectivity index (χ2n) is 5.25. The van der Waals surface area contributed by atoms with Crippen LogP contribution in [0.5, 0.6) is 11.5 Å². The molecule has 0 N–H and O–H groups in total. The molecule has 2 aromatic carbocycles. The van der Waals surface area contributed by atoms with E-state index in [2.05, 4.69) is 12.1 Å². The molecule has 3 heteroatoms. The van der Waals surface area contributed by atoms with Crippen LogP contribution in [0.2, 0.25) is 0 Å². The third kappa shape index (κ3) is 3.07. The third-order valence-corrected chi connectivity index (χ3v) is 3.79. The number of ketones is 1. The molecular formula is C18H18O3. The Hall–Kier alpha value is -2.29. The van der Waals surface area contributed by atoms with Gasteiger partial charge in [0.05, 0.1) is 12.7 Å². The summed E-state index contributed by atoms with van der Waals surface area (Å²) in [5, 5.41) is 0. The van der Waals surface area contributed by atoms with Crippen LogP contribution in [0.25, 0.3) is 0 Å². The third-order valence-electron chi connectivity index (χ3n) is 3.79. The van der Waals surface area contributed by atoms with Crippen molar-refractivity contribution in [3.8, 4) is 11.5 Å². The van der Waals surface area contributed by atoms with Crippen molar-refractivity contribution in [2.45, 2.75) is 25.4 Å². The van der Waals surface area contributed by atoms with Gasteiger partial charge < -0.3 is 9.47 Å². The first-order valence-electron chi connectivity index (χ1n) is 7.18. The number of Topliss-reactive ketones (excluding diaryl/α,β-unsaturated/α-hetero) is 1. The maximum atomic E-state index is 12.2. The van der Waals surface area contributed by atoms with Crippen molar-refractivity contribution in [3.05, 3.63) is 59.7 Å². The van der Waals surface area contributed by atoms with Crippen LogP contribution in [0, 0.1) is 0 Å². The van der Waals surface area contributed by atoms with Crippen LogP contribution < -0.4 is 9.47 Å². The van der Waals surface area contributed by atoms with Gasteiger partial charge in [0, 0.05) is 6.42 Å². The van der Waals surface area contributed by atoms with Crippen LogP contribution in [0.15, 0.2) is 48.5 Å². The molecule has 1 aliphatic rings. The highest BCUT2D eigenvalue weighted by atomic mass is 16.5. The zero-order chi connectivity index (χ0) is 14.7. The monoisotopic (exact) mass is 282 g/mol. The largest absolute Gasteiger partial charge is 0.497 e. The lowest BCUT2D eigenvalue weighted by atomic mass is 9.96. The van der Waals surface area contributed by atoms with Gasteiger partial charge in [0.25, 0.3) is 0 Å². The molecule has 21 heavy (non-hydrogen) atoms. The van der Waals surface area contributed by atoms with Gasteiger partial charge in [0.2, 0.25) is 0 Å². The molecule has 108 valence electrons. The van der Waals surface area contributed by atoms with Crippen molar-refractivity contribution < 1.29 is 14.3 Å². The highest BCUT2D eigenvalue weighted by Gasteiger charge is 2.26. The van der Waals surface area contributed by atoms with Gasteiger partial charge in [-0.15, -0.1) is 0 Å². The Bertz CT molecular complexity index is 634. The van der Waals surface area contributed by atoms with Gasteiger partial charge in [-0.3, -0.25) is 4.79 Å². The Morgan fingerprint density at radius 1 is 1.19 bits per heavy atom. The molecule has 0 fully saturated rings. The summed E-state index contributed by atoms with van der Waals surface area (Å²) in [5.74, 6) is 1.49. The standard InChI is InChI=1S/C18H18O3/c1-20-14-9-10-18-16(11-14)17(19)12-15(21-18)8-7-13-5-3-2-4-6-13/h2-6,9-11,15H,7-8,12H2,1H3. The summed E-state index contributed by atoms with van der Waals surface area (Å²) in [4.78, 5) is 12.2. The van der Waals surface area contributed by atoms with Crippen molar-refractivity contribution >= 4 is 5.78 Å². The molecule has 1 atom stereocenters. The Kier molecular flexibility index (Phi) is 3.91. The van der Waals surface area contributed by atoms with Gasteiger partial charge in [0.1, 0.15) is 17.6 Å². The van der Waals surface area contributed by atoms with Gasteiger partial charge in [-0.1, -0.05) is 30.3 Å². The summed E-state index contributed by atoms with van der Waals surface area (Å²) in [6.07, 6.45) is 2.16. The van der Waals surface area contributed by atoms with E-state index in [4.69, 9.17) is 9.47 Å². The molecule has 0 spiro atoms. The fourth-order valence-electron chi connectivity index (χ4n) is 2.63. The second-order valence-corrected chi connectivity index (χ2v) is 5.25. The fourth-order valence-corrected chi connectivity index (χ4v) is 2.63. The minimum atomic E-state index is -0.0430. The first kappa shape index (κ1) is 13.7. The SMILES string of the molecule is COc1ccc2c(c1)C(=O)CC(CCc1ccccc1)O2. The number of hydrogen-bond donors (Lipinski definition) is 0. The second kappa shape index (κ2) is 6.00. The van der Waals surface area contributed by atoms with Crippen LogP contribution in [0.4, 0.5) is 0 Å². The number of methoxy groups -OCH3 is 1. The summed E-state index contributed by atoms with van der Waals surface area (Å²) in [6.45, 7) is 0. The first-order chi connectivity index (χ1) is 10.3. The minimum Gasteiger partial charge on any atom is -0.497 e. The quantitative estimate of drug-likeness (QED) is 0.858. The van der Waals surface area contributed by atoms with E-state index in [0.29, 0.717) is 23.5 Å². The maximum absolute atomic E-state index is 12.2. The minimum absolute atomic E-state index is 0.0430. The van der Waals surface area contributed by atoms with E-state index >= 15 is 0 Å². The van der Waals surface area contributed by atoms with E-state index in [0.717, 1.165) is 12.8 Å². The predicted octanol–water partition coefficient (Wildman–Crippen LogP) is 3.66. The van der Waals surface area contributed by atoms with Gasteiger partial charge in [-0.05, 0) is 36.6 Å². The molecular weight excluding hydrogens is 264 g/mol. The molecule has 1 unspecified atom stereocenters. The number of fused-ring (bicyclic) bond motifs is 1. The Morgan fingerprint density at radius 2 is 2.00 bits per heavy atom. The summed E-state index contributed by atoms with van der Waals surface area (Å²) < 4.78 is 11.1. The lowest BCUT2D eigenvalue weighted by molar-refractivity contribution is 0.0838. The average Bonchev–Trinajstić information content (AvgIpc) is 2.54. The molecule has 0 aromatic heterocycles. The lowest BCUT2D eigenvalue weighted by Gasteiger charge is -2.25. The molecule has 0 bridgehead atoms. The molecule has 1 heterocycles. The number of aryl methyl sites for hydroxylation is 1. The number of hydrogen-bond acceptors (Lipinski definition) is 3. The van der Waals surface area contributed by atoms with Crippen LogP contribution in [-0.4, -0.2) is 19.0 Å². The summed E-state index contributed by atoms with van der Waals surface area (Å²) in [6, 6.07) is 15.7. The first-order valence-corrected chi connectivity index (χ1v) is 7.18. The van der Waals surface area contributed by atoms with Crippen LogP contribution in [0.3, 0.4) is 0 Å². The average molecular weight is 282 g/mol. The Morgan fingerprint density at radius 3 is 2.76 bits per heavy atom. The number of carbonyl (C=O) groups is 1. The molecule has 0 aliphatic carbocycles. The maximum Gasteiger partial charge on any atom is 0.170 e. The van der Waals surface area contributed by atoms with E-state index in [1.807, 2.05) is 30.3 Å². The molecule has 0 amide bonds. The van der Waals surface area contributed by atoms with E-state index < -0.39 is 0 Å². The number of rotatable bonds is 4. The van der Waals surface area contributed by atoms with Crippen LogP contribution >= 0.6 is 0 Å². The Labute approximate surface area is 124 Å². The van der Waals surface area contributed by atoms with E-state index in [1.54, 1.807) is 13.2 Å². The predicted molar refractivity (Wildman–Crippen MR) is 81.1 cm³/mol. The van der Waals surface area contributed by atoms with E-state index in [-0.39, 0.29) is 11.9 Å². The van der Waals surface area contributed by atoms with Gasteiger partial charge >= 0.3 is 0 Å². The number of carbonyl (C=O) groups excluding carboxylic acids is 1. The molecule has 0 radical (unpaired) electrons. The zero-order valence-corrected chi connectivity index (χ0v) is 12.0. The molecule has 3 nitrogen and oxygen atoms in total. The molecule has 0 saturated heterocycles. The lowest BCUT2D eigenvalue weighted by Crippen LogP contribution is -2.27. The van der Waals surface area contributed by atoms with E-state index in [1.165, 1.54) is 5.56 Å². The van der Waals surface area contributed by atoms with Crippen molar-refractivity contribution in [2.24, 2.45) is 0 Å². The van der Waals surface area contributed by atoms with Crippen LogP contribution in [-0.2, 0) is 6.42 Å². The Balaban J connectivity index is 1.69. The molecule has 0 saturated carbocycles. The molecule has 3 rings (SSSR count). The highest BCUT2D eigenvalue weighted by Crippen LogP contribution is 2.32. The van der Waals surface area contributed by atoms with Crippen molar-refractivity contribution in [2.75, 3.05) is 7.11 Å².